The normalized spacial score (nSPS) is 35.6. The Morgan fingerprint density at radius 3 is 2.73 bits per heavy atom. The van der Waals surface area contributed by atoms with Crippen molar-refractivity contribution in [3.63, 3.8) is 0 Å². The van der Waals surface area contributed by atoms with Gasteiger partial charge in [-0.25, -0.2) is 0 Å². The van der Waals surface area contributed by atoms with Crippen molar-refractivity contribution < 1.29 is 4.74 Å². The van der Waals surface area contributed by atoms with Crippen molar-refractivity contribution in [3.8, 4) is 0 Å². The van der Waals surface area contributed by atoms with Gasteiger partial charge in [0.2, 0.25) is 0 Å². The average molecular weight is 211 g/mol. The van der Waals surface area contributed by atoms with Crippen LogP contribution in [-0.4, -0.2) is 25.3 Å². The molecule has 2 unspecified atom stereocenters. The molecule has 2 rings (SSSR count). The average Bonchev–Trinajstić information content (AvgIpc) is 2.63. The van der Waals surface area contributed by atoms with E-state index < -0.39 is 0 Å². The largest absolute Gasteiger partial charge is 0.378 e. The van der Waals surface area contributed by atoms with Gasteiger partial charge in [-0.05, 0) is 38.0 Å². The second kappa shape index (κ2) is 4.84. The molecule has 1 saturated carbocycles. The van der Waals surface area contributed by atoms with Crippen molar-refractivity contribution in [1.29, 1.82) is 0 Å². The van der Waals surface area contributed by atoms with Crippen molar-refractivity contribution in [3.05, 3.63) is 0 Å². The molecule has 0 aromatic heterocycles. The molecule has 0 aromatic rings. The molecule has 1 heterocycles. The predicted octanol–water partition coefficient (Wildman–Crippen LogP) is 2.72. The fourth-order valence-electron chi connectivity index (χ4n) is 2.98. The molecule has 0 aromatic carbocycles. The zero-order chi connectivity index (χ0) is 10.7. The quantitative estimate of drug-likeness (QED) is 0.775. The first kappa shape index (κ1) is 11.4. The highest BCUT2D eigenvalue weighted by Crippen LogP contribution is 2.36. The van der Waals surface area contributed by atoms with E-state index in [9.17, 15) is 0 Å². The molecule has 2 heteroatoms. The van der Waals surface area contributed by atoms with Crippen LogP contribution in [0.2, 0.25) is 0 Å². The fourth-order valence-corrected chi connectivity index (χ4v) is 2.98. The van der Waals surface area contributed by atoms with Gasteiger partial charge in [0.15, 0.2) is 0 Å². The van der Waals surface area contributed by atoms with Crippen LogP contribution in [0.3, 0.4) is 0 Å². The Morgan fingerprint density at radius 2 is 2.07 bits per heavy atom. The maximum absolute atomic E-state index is 5.56. The number of rotatable bonds is 3. The summed E-state index contributed by atoms with van der Waals surface area (Å²) < 4.78 is 5.56. The van der Waals surface area contributed by atoms with Gasteiger partial charge in [-0.2, -0.15) is 0 Å². The summed E-state index contributed by atoms with van der Waals surface area (Å²) in [5.74, 6) is 0. The molecule has 2 nitrogen and oxygen atoms in total. The maximum atomic E-state index is 5.56. The summed E-state index contributed by atoms with van der Waals surface area (Å²) in [6, 6.07) is 0.700. The van der Waals surface area contributed by atoms with Gasteiger partial charge < -0.3 is 10.1 Å². The molecule has 1 N–H and O–H groups in total. The summed E-state index contributed by atoms with van der Waals surface area (Å²) in [5.41, 5.74) is 0.585. The van der Waals surface area contributed by atoms with Crippen molar-refractivity contribution in [2.75, 3.05) is 13.2 Å². The highest BCUT2D eigenvalue weighted by atomic mass is 16.5. The van der Waals surface area contributed by atoms with Crippen molar-refractivity contribution >= 4 is 0 Å². The molecule has 1 saturated heterocycles. The summed E-state index contributed by atoms with van der Waals surface area (Å²) in [7, 11) is 0. The lowest BCUT2D eigenvalue weighted by Gasteiger charge is -2.32. The monoisotopic (exact) mass is 211 g/mol. The van der Waals surface area contributed by atoms with E-state index in [0.717, 1.165) is 6.61 Å². The summed E-state index contributed by atoms with van der Waals surface area (Å²) >= 11 is 0. The maximum Gasteiger partial charge on any atom is 0.0561 e. The standard InChI is InChI=1S/C13H25NO/c1-11-9-12(5-8-15-11)14-10-13(2)6-3-4-7-13/h11-12,14H,3-10H2,1-2H3. The van der Waals surface area contributed by atoms with E-state index in [1.54, 1.807) is 0 Å². The number of hydrogen-bond donors (Lipinski definition) is 1. The van der Waals surface area contributed by atoms with Crippen LogP contribution in [-0.2, 0) is 4.74 Å². The molecular weight excluding hydrogens is 186 g/mol. The summed E-state index contributed by atoms with van der Waals surface area (Å²) in [6.07, 6.45) is 8.53. The van der Waals surface area contributed by atoms with Gasteiger partial charge >= 0.3 is 0 Å². The first-order chi connectivity index (χ1) is 7.18. The molecule has 1 aliphatic carbocycles. The van der Waals surface area contributed by atoms with Gasteiger partial charge in [0.05, 0.1) is 6.10 Å². The Hall–Kier alpha value is -0.0800. The topological polar surface area (TPSA) is 21.3 Å². The predicted molar refractivity (Wildman–Crippen MR) is 63.0 cm³/mol. The van der Waals surface area contributed by atoms with Gasteiger partial charge in [0.1, 0.15) is 0 Å². The molecule has 88 valence electrons. The van der Waals surface area contributed by atoms with Gasteiger partial charge in [-0.1, -0.05) is 19.8 Å². The first-order valence-electron chi connectivity index (χ1n) is 6.53. The SMILES string of the molecule is CC1CC(NCC2(C)CCCC2)CCO1. The van der Waals surface area contributed by atoms with Crippen LogP contribution in [0.1, 0.15) is 52.4 Å². The molecule has 0 radical (unpaired) electrons. The Morgan fingerprint density at radius 1 is 1.33 bits per heavy atom. The minimum atomic E-state index is 0.452. The minimum Gasteiger partial charge on any atom is -0.378 e. The molecular formula is C13H25NO. The third-order valence-corrected chi connectivity index (χ3v) is 4.11. The van der Waals surface area contributed by atoms with Crippen molar-refractivity contribution in [2.24, 2.45) is 5.41 Å². The van der Waals surface area contributed by atoms with Gasteiger partial charge in [0.25, 0.3) is 0 Å². The van der Waals surface area contributed by atoms with E-state index in [2.05, 4.69) is 19.2 Å². The van der Waals surface area contributed by atoms with Gasteiger partial charge in [-0.3, -0.25) is 0 Å². The van der Waals surface area contributed by atoms with E-state index >= 15 is 0 Å². The third-order valence-electron chi connectivity index (χ3n) is 4.11. The van der Waals surface area contributed by atoms with Crippen molar-refractivity contribution in [1.82, 2.24) is 5.32 Å². The van der Waals surface area contributed by atoms with Gasteiger partial charge in [-0.15, -0.1) is 0 Å². The van der Waals surface area contributed by atoms with E-state index in [0.29, 0.717) is 17.6 Å². The third kappa shape index (κ3) is 3.18. The van der Waals surface area contributed by atoms with Crippen LogP contribution in [0.4, 0.5) is 0 Å². The Bertz CT molecular complexity index is 199. The van der Waals surface area contributed by atoms with E-state index in [1.165, 1.54) is 45.1 Å². The zero-order valence-electron chi connectivity index (χ0n) is 10.2. The lowest BCUT2D eigenvalue weighted by atomic mass is 9.88. The first-order valence-corrected chi connectivity index (χ1v) is 6.53. The Balaban J connectivity index is 1.72. The van der Waals surface area contributed by atoms with Crippen LogP contribution in [0, 0.1) is 5.41 Å². The Labute approximate surface area is 93.8 Å². The number of nitrogens with one attached hydrogen (secondary N) is 1. The molecule has 0 bridgehead atoms. The summed E-state index contributed by atoms with van der Waals surface area (Å²) in [6.45, 7) is 6.78. The van der Waals surface area contributed by atoms with Crippen LogP contribution in [0.15, 0.2) is 0 Å². The van der Waals surface area contributed by atoms with Crippen LogP contribution in [0.5, 0.6) is 0 Å². The number of hydrogen-bond acceptors (Lipinski definition) is 2. The smallest absolute Gasteiger partial charge is 0.0561 e. The van der Waals surface area contributed by atoms with Crippen LogP contribution < -0.4 is 5.32 Å². The number of ether oxygens (including phenoxy) is 1. The highest BCUT2D eigenvalue weighted by Gasteiger charge is 2.29. The van der Waals surface area contributed by atoms with Crippen LogP contribution >= 0.6 is 0 Å². The second-order valence-corrected chi connectivity index (χ2v) is 5.80. The van der Waals surface area contributed by atoms with Crippen molar-refractivity contribution in [2.45, 2.75) is 64.5 Å². The van der Waals surface area contributed by atoms with E-state index in [4.69, 9.17) is 4.74 Å². The minimum absolute atomic E-state index is 0.452. The zero-order valence-corrected chi connectivity index (χ0v) is 10.2. The molecule has 2 aliphatic rings. The molecule has 0 spiro atoms. The fraction of sp³-hybridized carbons (Fsp3) is 1.00. The molecule has 2 fully saturated rings. The van der Waals surface area contributed by atoms with E-state index in [1.807, 2.05) is 0 Å². The molecule has 2 atom stereocenters. The van der Waals surface area contributed by atoms with E-state index in [-0.39, 0.29) is 0 Å². The summed E-state index contributed by atoms with van der Waals surface area (Å²) in [4.78, 5) is 0. The Kier molecular flexibility index (Phi) is 3.68. The lowest BCUT2D eigenvalue weighted by Crippen LogP contribution is -2.42. The molecule has 1 aliphatic heterocycles. The second-order valence-electron chi connectivity index (χ2n) is 5.80. The molecule has 0 amide bonds. The van der Waals surface area contributed by atoms with Crippen LogP contribution in [0.25, 0.3) is 0 Å². The molecule has 15 heavy (non-hydrogen) atoms. The van der Waals surface area contributed by atoms with Gasteiger partial charge in [0, 0.05) is 19.2 Å². The lowest BCUT2D eigenvalue weighted by molar-refractivity contribution is 0.0115. The summed E-state index contributed by atoms with van der Waals surface area (Å²) in [5, 5.41) is 3.75. The highest BCUT2D eigenvalue weighted by molar-refractivity contribution is 4.85.